The molecule has 2 amide bonds. The Bertz CT molecular complexity index is 684. The molecule has 0 saturated carbocycles. The number of carbonyl (C=O) groups excluding carboxylic acids is 2. The van der Waals surface area contributed by atoms with Gasteiger partial charge in [-0.25, -0.2) is 0 Å². The molecule has 0 atom stereocenters. The van der Waals surface area contributed by atoms with Crippen LogP contribution in [0.1, 0.15) is 20.7 Å². The quantitative estimate of drug-likeness (QED) is 0.746. The van der Waals surface area contributed by atoms with E-state index in [0.717, 1.165) is 4.47 Å². The molecule has 0 fully saturated rings. The third kappa shape index (κ3) is 3.61. The summed E-state index contributed by atoms with van der Waals surface area (Å²) in [6.07, 6.45) is 0. The van der Waals surface area contributed by atoms with Gasteiger partial charge in [-0.3, -0.25) is 9.59 Å². The van der Waals surface area contributed by atoms with E-state index in [4.69, 9.17) is 5.73 Å². The van der Waals surface area contributed by atoms with Crippen LogP contribution in [-0.2, 0) is 0 Å². The number of halogens is 1. The van der Waals surface area contributed by atoms with Gasteiger partial charge in [-0.05, 0) is 42.5 Å². The number of nitrogens with one attached hydrogen (secondary N) is 2. The molecular weight excluding hydrogens is 334 g/mol. The minimum Gasteiger partial charge on any atom is -0.398 e. The largest absolute Gasteiger partial charge is 0.398 e. The number of nitrogens with two attached hydrogens (primary N) is 1. The third-order valence-corrected chi connectivity index (χ3v) is 3.42. The number of nitrogen functional groups attached to an aromatic ring is 1. The van der Waals surface area contributed by atoms with Crippen molar-refractivity contribution in [1.82, 2.24) is 5.32 Å². The van der Waals surface area contributed by atoms with Gasteiger partial charge in [0.15, 0.2) is 0 Å². The Labute approximate surface area is 130 Å². The van der Waals surface area contributed by atoms with Gasteiger partial charge in [0.2, 0.25) is 0 Å². The summed E-state index contributed by atoms with van der Waals surface area (Å²) in [4.78, 5) is 23.9. The Hall–Kier alpha value is -2.34. The van der Waals surface area contributed by atoms with Gasteiger partial charge in [0.1, 0.15) is 0 Å². The third-order valence-electron chi connectivity index (χ3n) is 2.89. The summed E-state index contributed by atoms with van der Waals surface area (Å²) in [5, 5.41) is 5.25. The van der Waals surface area contributed by atoms with E-state index in [2.05, 4.69) is 26.6 Å². The molecule has 2 aromatic rings. The molecule has 0 aliphatic heterocycles. The molecule has 0 saturated heterocycles. The summed E-state index contributed by atoms with van der Waals surface area (Å²) < 4.78 is 0.918. The van der Waals surface area contributed by atoms with Gasteiger partial charge in [-0.15, -0.1) is 0 Å². The smallest absolute Gasteiger partial charge is 0.257 e. The Balaban J connectivity index is 2.26. The van der Waals surface area contributed by atoms with Crippen molar-refractivity contribution in [1.29, 1.82) is 0 Å². The molecule has 0 heterocycles. The van der Waals surface area contributed by atoms with Crippen LogP contribution in [0.3, 0.4) is 0 Å². The first kappa shape index (κ1) is 15.1. The molecule has 0 aliphatic carbocycles. The molecule has 108 valence electrons. The molecular formula is C15H14BrN3O2. The average molecular weight is 348 g/mol. The van der Waals surface area contributed by atoms with Crippen molar-refractivity contribution in [3.8, 4) is 0 Å². The molecule has 0 unspecified atom stereocenters. The lowest BCUT2D eigenvalue weighted by atomic mass is 10.1. The van der Waals surface area contributed by atoms with E-state index < -0.39 is 0 Å². The van der Waals surface area contributed by atoms with Gasteiger partial charge in [-0.2, -0.15) is 0 Å². The molecule has 0 bridgehead atoms. The van der Waals surface area contributed by atoms with Crippen LogP contribution in [-0.4, -0.2) is 18.9 Å². The van der Waals surface area contributed by atoms with E-state index in [9.17, 15) is 9.59 Å². The second-order valence-electron chi connectivity index (χ2n) is 4.34. The first-order chi connectivity index (χ1) is 10.0. The SMILES string of the molecule is CNC(=O)c1ccc(N)c(C(=O)Nc2ccc(Br)cc2)c1. The number of hydrogen-bond donors (Lipinski definition) is 3. The van der Waals surface area contributed by atoms with Gasteiger partial charge in [0.25, 0.3) is 11.8 Å². The van der Waals surface area contributed by atoms with E-state index in [0.29, 0.717) is 16.9 Å². The Kier molecular flexibility index (Phi) is 4.59. The van der Waals surface area contributed by atoms with E-state index >= 15 is 0 Å². The van der Waals surface area contributed by atoms with E-state index in [1.165, 1.54) is 13.1 Å². The summed E-state index contributed by atoms with van der Waals surface area (Å²) in [6, 6.07) is 11.8. The Morgan fingerprint density at radius 3 is 2.33 bits per heavy atom. The molecule has 6 heteroatoms. The standard InChI is InChI=1S/C15H14BrN3O2/c1-18-14(20)9-2-7-13(17)12(8-9)15(21)19-11-5-3-10(16)4-6-11/h2-8H,17H2,1H3,(H,18,20)(H,19,21). The summed E-state index contributed by atoms with van der Waals surface area (Å²) in [6.45, 7) is 0. The van der Waals surface area contributed by atoms with Gasteiger partial charge in [0, 0.05) is 28.5 Å². The zero-order chi connectivity index (χ0) is 15.4. The summed E-state index contributed by atoms with van der Waals surface area (Å²) in [5.41, 5.74) is 7.42. The normalized spacial score (nSPS) is 10.0. The highest BCUT2D eigenvalue weighted by Crippen LogP contribution is 2.18. The number of hydrogen-bond acceptors (Lipinski definition) is 3. The number of amides is 2. The van der Waals surface area contributed by atoms with Gasteiger partial charge in [-0.1, -0.05) is 15.9 Å². The molecule has 21 heavy (non-hydrogen) atoms. The maximum atomic E-state index is 12.2. The highest BCUT2D eigenvalue weighted by molar-refractivity contribution is 9.10. The van der Waals surface area contributed by atoms with Gasteiger partial charge >= 0.3 is 0 Å². The lowest BCUT2D eigenvalue weighted by Gasteiger charge is -2.09. The number of benzene rings is 2. The minimum absolute atomic E-state index is 0.263. The maximum Gasteiger partial charge on any atom is 0.257 e. The van der Waals surface area contributed by atoms with Crippen LogP contribution < -0.4 is 16.4 Å². The second-order valence-corrected chi connectivity index (χ2v) is 5.26. The fraction of sp³-hybridized carbons (Fsp3) is 0.0667. The highest BCUT2D eigenvalue weighted by atomic mass is 79.9. The Morgan fingerprint density at radius 2 is 1.71 bits per heavy atom. The van der Waals surface area contributed by atoms with Crippen molar-refractivity contribution in [2.45, 2.75) is 0 Å². The molecule has 2 aromatic carbocycles. The van der Waals surface area contributed by atoms with Gasteiger partial charge in [0.05, 0.1) is 5.56 Å². The summed E-state index contributed by atoms with van der Waals surface area (Å²) in [5.74, 6) is -0.631. The van der Waals surface area contributed by atoms with Crippen LogP contribution in [0, 0.1) is 0 Å². The van der Waals surface area contributed by atoms with Crippen molar-refractivity contribution in [3.05, 3.63) is 58.1 Å². The maximum absolute atomic E-state index is 12.2. The van der Waals surface area contributed by atoms with Crippen LogP contribution in [0.4, 0.5) is 11.4 Å². The highest BCUT2D eigenvalue weighted by Gasteiger charge is 2.13. The fourth-order valence-corrected chi connectivity index (χ4v) is 2.03. The van der Waals surface area contributed by atoms with Crippen LogP contribution in [0.5, 0.6) is 0 Å². The number of rotatable bonds is 3. The summed E-state index contributed by atoms with van der Waals surface area (Å²) >= 11 is 3.32. The predicted octanol–water partition coefficient (Wildman–Crippen LogP) is 2.64. The zero-order valence-corrected chi connectivity index (χ0v) is 12.9. The zero-order valence-electron chi connectivity index (χ0n) is 11.3. The molecule has 4 N–H and O–H groups in total. The topological polar surface area (TPSA) is 84.2 Å². The fourth-order valence-electron chi connectivity index (χ4n) is 1.77. The van der Waals surface area contributed by atoms with Crippen molar-refractivity contribution in [2.75, 3.05) is 18.1 Å². The first-order valence-electron chi connectivity index (χ1n) is 6.20. The van der Waals surface area contributed by atoms with E-state index in [-0.39, 0.29) is 17.4 Å². The minimum atomic E-state index is -0.361. The second kappa shape index (κ2) is 6.41. The van der Waals surface area contributed by atoms with Crippen LogP contribution >= 0.6 is 15.9 Å². The van der Waals surface area contributed by atoms with Crippen molar-refractivity contribution >= 4 is 39.1 Å². The average Bonchev–Trinajstić information content (AvgIpc) is 2.49. The van der Waals surface area contributed by atoms with Gasteiger partial charge < -0.3 is 16.4 Å². The van der Waals surface area contributed by atoms with Crippen molar-refractivity contribution in [2.24, 2.45) is 0 Å². The molecule has 2 rings (SSSR count). The van der Waals surface area contributed by atoms with Crippen LogP contribution in [0.25, 0.3) is 0 Å². The number of carbonyl (C=O) groups is 2. The Morgan fingerprint density at radius 1 is 1.05 bits per heavy atom. The molecule has 0 spiro atoms. The lowest BCUT2D eigenvalue weighted by Crippen LogP contribution is -2.20. The van der Waals surface area contributed by atoms with Crippen molar-refractivity contribution < 1.29 is 9.59 Å². The molecule has 5 nitrogen and oxygen atoms in total. The van der Waals surface area contributed by atoms with Crippen LogP contribution in [0.2, 0.25) is 0 Å². The molecule has 0 aromatic heterocycles. The van der Waals surface area contributed by atoms with Crippen LogP contribution in [0.15, 0.2) is 46.9 Å². The first-order valence-corrected chi connectivity index (χ1v) is 6.99. The van der Waals surface area contributed by atoms with E-state index in [1.54, 1.807) is 24.3 Å². The lowest BCUT2D eigenvalue weighted by molar-refractivity contribution is 0.0963. The van der Waals surface area contributed by atoms with E-state index in [1.807, 2.05) is 12.1 Å². The molecule has 0 aliphatic rings. The predicted molar refractivity (Wildman–Crippen MR) is 86.3 cm³/mol. The molecule has 0 radical (unpaired) electrons. The summed E-state index contributed by atoms with van der Waals surface area (Å²) in [7, 11) is 1.53. The monoisotopic (exact) mass is 347 g/mol. The number of anilines is 2. The van der Waals surface area contributed by atoms with Crippen molar-refractivity contribution in [3.63, 3.8) is 0 Å².